The first-order valence-electron chi connectivity index (χ1n) is 8.25. The highest BCUT2D eigenvalue weighted by Gasteiger charge is 2.13. The van der Waals surface area contributed by atoms with E-state index < -0.39 is 15.8 Å². The van der Waals surface area contributed by atoms with E-state index in [1.165, 1.54) is 48.5 Å². The molecule has 1 amide bonds. The maximum Gasteiger partial charge on any atom is 0.289 e. The van der Waals surface area contributed by atoms with Gasteiger partial charge in [0.15, 0.2) is 0 Å². The zero-order valence-electron chi connectivity index (χ0n) is 15.0. The smallest absolute Gasteiger partial charge is 0.272 e. The highest BCUT2D eigenvalue weighted by molar-refractivity contribution is 6.00. The average molecular weight is 394 g/mol. The maximum atomic E-state index is 12.3. The van der Waals surface area contributed by atoms with Gasteiger partial charge in [-0.05, 0) is 30.7 Å². The number of nitro groups is 2. The number of hydrazone groups is 1. The fraction of sp³-hybridized carbons (Fsp3) is 0.0556. The number of aromatic amines is 1. The Morgan fingerprint density at radius 1 is 1.03 bits per heavy atom. The van der Waals surface area contributed by atoms with Crippen LogP contribution in [0.2, 0.25) is 0 Å². The quantitative estimate of drug-likeness (QED) is 0.372. The Hall–Kier alpha value is -4.41. The predicted octanol–water partition coefficient (Wildman–Crippen LogP) is 3.05. The molecule has 146 valence electrons. The van der Waals surface area contributed by atoms with Crippen molar-refractivity contribution in [3.8, 4) is 11.3 Å². The summed E-state index contributed by atoms with van der Waals surface area (Å²) < 4.78 is 0. The van der Waals surface area contributed by atoms with E-state index in [0.29, 0.717) is 22.5 Å². The van der Waals surface area contributed by atoms with Gasteiger partial charge in [-0.1, -0.05) is 12.1 Å². The Kier molecular flexibility index (Phi) is 5.39. The standard InChI is InChI=1S/C18H14N6O5/c1-11(12-5-7-14(8-6-12)23(26)27)19-22-18(25)17-10-16(20-21-17)13-3-2-4-15(9-13)24(28)29/h2-10H,1H3,(H,20,21)(H,22,25)/b19-11-. The molecule has 0 saturated heterocycles. The van der Waals surface area contributed by atoms with Gasteiger partial charge in [-0.25, -0.2) is 5.43 Å². The molecule has 0 aliphatic carbocycles. The van der Waals surface area contributed by atoms with Crippen molar-refractivity contribution in [1.82, 2.24) is 15.6 Å². The SMILES string of the molecule is C/C(=N/NC(=O)c1cc(-c2cccc([N+](=O)[O-])c2)n[nH]1)c1ccc([N+](=O)[O-])cc1. The van der Waals surface area contributed by atoms with Crippen LogP contribution in [0.15, 0.2) is 59.7 Å². The number of rotatable bonds is 6. The van der Waals surface area contributed by atoms with E-state index in [1.807, 2.05) is 0 Å². The van der Waals surface area contributed by atoms with Crippen molar-refractivity contribution in [3.05, 3.63) is 86.1 Å². The largest absolute Gasteiger partial charge is 0.289 e. The minimum absolute atomic E-state index is 0.0447. The van der Waals surface area contributed by atoms with Gasteiger partial charge in [0.1, 0.15) is 5.69 Å². The molecule has 1 aromatic heterocycles. The molecule has 11 heteroatoms. The van der Waals surface area contributed by atoms with Crippen LogP contribution in [0.25, 0.3) is 11.3 Å². The van der Waals surface area contributed by atoms with E-state index in [4.69, 9.17) is 0 Å². The molecule has 0 saturated carbocycles. The number of benzene rings is 2. The molecule has 0 aliphatic rings. The molecule has 0 bridgehead atoms. The lowest BCUT2D eigenvalue weighted by Crippen LogP contribution is -2.19. The summed E-state index contributed by atoms with van der Waals surface area (Å²) in [5.41, 5.74) is 4.27. The summed E-state index contributed by atoms with van der Waals surface area (Å²) >= 11 is 0. The van der Waals surface area contributed by atoms with Crippen LogP contribution in [0.1, 0.15) is 23.0 Å². The molecule has 0 atom stereocenters. The summed E-state index contributed by atoms with van der Waals surface area (Å²) in [6, 6.07) is 13.1. The number of carbonyl (C=O) groups excluding carboxylic acids is 1. The molecule has 11 nitrogen and oxygen atoms in total. The molecular weight excluding hydrogens is 380 g/mol. The molecule has 1 heterocycles. The third kappa shape index (κ3) is 4.47. The number of hydrogen-bond acceptors (Lipinski definition) is 7. The van der Waals surface area contributed by atoms with E-state index in [2.05, 4.69) is 20.7 Å². The van der Waals surface area contributed by atoms with Crippen LogP contribution in [0.3, 0.4) is 0 Å². The van der Waals surface area contributed by atoms with Gasteiger partial charge in [0.05, 0.1) is 21.3 Å². The Balaban J connectivity index is 1.71. The molecule has 0 unspecified atom stereocenters. The third-order valence-electron chi connectivity index (χ3n) is 4.00. The fourth-order valence-electron chi connectivity index (χ4n) is 2.45. The number of nitro benzene ring substituents is 2. The predicted molar refractivity (Wildman–Crippen MR) is 103 cm³/mol. The molecule has 29 heavy (non-hydrogen) atoms. The lowest BCUT2D eigenvalue weighted by atomic mass is 10.1. The van der Waals surface area contributed by atoms with Crippen LogP contribution in [0, 0.1) is 20.2 Å². The first kappa shape index (κ1) is 19.4. The monoisotopic (exact) mass is 394 g/mol. The highest BCUT2D eigenvalue weighted by Crippen LogP contribution is 2.22. The summed E-state index contributed by atoms with van der Waals surface area (Å²) in [4.78, 5) is 32.8. The molecule has 0 fully saturated rings. The van der Waals surface area contributed by atoms with Crippen LogP contribution < -0.4 is 5.43 Å². The van der Waals surface area contributed by atoms with Gasteiger partial charge in [-0.15, -0.1) is 0 Å². The molecule has 0 radical (unpaired) electrons. The van der Waals surface area contributed by atoms with Gasteiger partial charge in [-0.2, -0.15) is 10.2 Å². The van der Waals surface area contributed by atoms with Crippen molar-refractivity contribution < 1.29 is 14.6 Å². The number of nitrogens with one attached hydrogen (secondary N) is 2. The number of non-ortho nitro benzene ring substituents is 2. The second-order valence-corrected chi connectivity index (χ2v) is 5.92. The summed E-state index contributed by atoms with van der Waals surface area (Å²) in [5, 5.41) is 32.1. The number of H-pyrrole nitrogens is 1. The van der Waals surface area contributed by atoms with E-state index in [-0.39, 0.29) is 17.1 Å². The first-order chi connectivity index (χ1) is 13.8. The molecular formula is C18H14N6O5. The Bertz CT molecular complexity index is 1120. The summed E-state index contributed by atoms with van der Waals surface area (Å²) in [5.74, 6) is -0.560. The molecule has 2 N–H and O–H groups in total. The highest BCUT2D eigenvalue weighted by atomic mass is 16.6. The summed E-state index contributed by atoms with van der Waals surface area (Å²) in [6.07, 6.45) is 0. The number of hydrogen-bond donors (Lipinski definition) is 2. The Morgan fingerprint density at radius 3 is 2.38 bits per heavy atom. The number of nitrogens with zero attached hydrogens (tertiary/aromatic N) is 4. The molecule has 3 rings (SSSR count). The second-order valence-electron chi connectivity index (χ2n) is 5.92. The number of carbonyl (C=O) groups is 1. The van der Waals surface area contributed by atoms with Gasteiger partial charge in [0.2, 0.25) is 0 Å². The zero-order chi connectivity index (χ0) is 21.0. The number of aromatic nitrogens is 2. The van der Waals surface area contributed by atoms with E-state index in [9.17, 15) is 25.0 Å². The van der Waals surface area contributed by atoms with Gasteiger partial charge >= 0.3 is 0 Å². The lowest BCUT2D eigenvalue weighted by Gasteiger charge is -2.01. The Labute approximate surface area is 163 Å². The average Bonchev–Trinajstić information content (AvgIpc) is 3.22. The Morgan fingerprint density at radius 2 is 1.72 bits per heavy atom. The van der Waals surface area contributed by atoms with Gasteiger partial charge < -0.3 is 0 Å². The summed E-state index contributed by atoms with van der Waals surface area (Å²) in [7, 11) is 0. The summed E-state index contributed by atoms with van der Waals surface area (Å²) in [6.45, 7) is 1.64. The van der Waals surface area contributed by atoms with Crippen molar-refractivity contribution >= 4 is 23.0 Å². The van der Waals surface area contributed by atoms with Crippen molar-refractivity contribution in [1.29, 1.82) is 0 Å². The minimum atomic E-state index is -0.560. The van der Waals surface area contributed by atoms with Crippen molar-refractivity contribution in [3.63, 3.8) is 0 Å². The van der Waals surface area contributed by atoms with E-state index in [1.54, 1.807) is 13.0 Å². The van der Waals surface area contributed by atoms with E-state index >= 15 is 0 Å². The third-order valence-corrected chi connectivity index (χ3v) is 4.00. The molecule has 0 spiro atoms. The molecule has 2 aromatic carbocycles. The lowest BCUT2D eigenvalue weighted by molar-refractivity contribution is -0.385. The normalized spacial score (nSPS) is 11.1. The van der Waals surface area contributed by atoms with Crippen LogP contribution in [0.5, 0.6) is 0 Å². The fourth-order valence-corrected chi connectivity index (χ4v) is 2.45. The van der Waals surface area contributed by atoms with Gasteiger partial charge in [0.25, 0.3) is 17.3 Å². The van der Waals surface area contributed by atoms with Crippen LogP contribution in [0.4, 0.5) is 11.4 Å². The van der Waals surface area contributed by atoms with Crippen molar-refractivity contribution in [2.45, 2.75) is 6.92 Å². The van der Waals surface area contributed by atoms with Crippen molar-refractivity contribution in [2.24, 2.45) is 5.10 Å². The van der Waals surface area contributed by atoms with Crippen LogP contribution in [-0.2, 0) is 0 Å². The zero-order valence-corrected chi connectivity index (χ0v) is 15.0. The molecule has 3 aromatic rings. The minimum Gasteiger partial charge on any atom is -0.272 e. The topological polar surface area (TPSA) is 156 Å². The number of amides is 1. The first-order valence-corrected chi connectivity index (χ1v) is 8.25. The van der Waals surface area contributed by atoms with Crippen LogP contribution in [-0.4, -0.2) is 31.7 Å². The maximum absolute atomic E-state index is 12.3. The van der Waals surface area contributed by atoms with Crippen LogP contribution >= 0.6 is 0 Å². The molecule has 0 aliphatic heterocycles. The van der Waals surface area contributed by atoms with Crippen molar-refractivity contribution in [2.75, 3.05) is 0 Å². The van der Waals surface area contributed by atoms with E-state index in [0.717, 1.165) is 0 Å². The van der Waals surface area contributed by atoms with Gasteiger partial charge in [0, 0.05) is 29.8 Å². The van der Waals surface area contributed by atoms with Gasteiger partial charge in [-0.3, -0.25) is 30.1 Å². The second kappa shape index (κ2) is 8.08.